The number of ether oxygens (including phenoxy) is 1. The Hall–Kier alpha value is -2.59. The lowest BCUT2D eigenvalue weighted by Crippen LogP contribution is -2.27. The van der Waals surface area contributed by atoms with Crippen LogP contribution in [0.15, 0.2) is 42.5 Å². The Labute approximate surface area is 164 Å². The van der Waals surface area contributed by atoms with E-state index in [1.165, 1.54) is 5.56 Å². The van der Waals surface area contributed by atoms with Gasteiger partial charge >= 0.3 is 0 Å². The van der Waals surface area contributed by atoms with Gasteiger partial charge in [0, 0.05) is 31.0 Å². The molecule has 1 aromatic heterocycles. The van der Waals surface area contributed by atoms with Gasteiger partial charge in [-0.25, -0.2) is 4.98 Å². The van der Waals surface area contributed by atoms with Gasteiger partial charge in [-0.1, -0.05) is 35.9 Å². The molecule has 0 unspecified atom stereocenters. The highest BCUT2D eigenvalue weighted by Gasteiger charge is 2.15. The van der Waals surface area contributed by atoms with Crippen molar-refractivity contribution in [2.45, 2.75) is 33.9 Å². The number of pyridine rings is 1. The Balaban J connectivity index is 1.88. The largest absolute Gasteiger partial charge is 0.497 e. The molecule has 140 valence electrons. The van der Waals surface area contributed by atoms with Crippen molar-refractivity contribution >= 4 is 28.4 Å². The van der Waals surface area contributed by atoms with Crippen molar-refractivity contribution in [2.24, 2.45) is 0 Å². The molecular formula is C22H23ClN2O2. The molecule has 27 heavy (non-hydrogen) atoms. The van der Waals surface area contributed by atoms with E-state index < -0.39 is 0 Å². The van der Waals surface area contributed by atoms with E-state index in [0.29, 0.717) is 18.2 Å². The zero-order valence-corrected chi connectivity index (χ0v) is 16.8. The Bertz CT molecular complexity index is 984. The highest BCUT2D eigenvalue weighted by Crippen LogP contribution is 2.26. The second kappa shape index (κ2) is 7.97. The van der Waals surface area contributed by atoms with E-state index in [9.17, 15) is 4.79 Å². The number of aromatic nitrogens is 1. The number of nitrogens with zero attached hydrogens (tertiary/aromatic N) is 2. The van der Waals surface area contributed by atoms with Crippen molar-refractivity contribution in [3.8, 4) is 5.75 Å². The van der Waals surface area contributed by atoms with Crippen molar-refractivity contribution < 1.29 is 9.53 Å². The summed E-state index contributed by atoms with van der Waals surface area (Å²) in [6.07, 6.45) is 0. The van der Waals surface area contributed by atoms with E-state index in [-0.39, 0.29) is 5.91 Å². The third-order valence-electron chi connectivity index (χ3n) is 4.88. The van der Waals surface area contributed by atoms with Crippen LogP contribution in [0.4, 0.5) is 0 Å². The number of hydrogen-bond acceptors (Lipinski definition) is 3. The summed E-state index contributed by atoms with van der Waals surface area (Å²) in [6.45, 7) is 6.59. The van der Waals surface area contributed by atoms with Crippen LogP contribution in [0, 0.1) is 13.8 Å². The average Bonchev–Trinajstić information content (AvgIpc) is 2.66. The number of aryl methyl sites for hydroxylation is 2. The number of carbonyl (C=O) groups excluding carboxylic acids is 1. The first kappa shape index (κ1) is 19.2. The van der Waals surface area contributed by atoms with Crippen LogP contribution in [-0.2, 0) is 17.9 Å². The number of halogens is 1. The SMILES string of the molecule is COc1ccc(CN(Cc2cc3ccc(C)c(C)c3nc2Cl)C(C)=O)cc1. The number of rotatable bonds is 5. The monoisotopic (exact) mass is 382 g/mol. The molecule has 0 saturated carbocycles. The van der Waals surface area contributed by atoms with Crippen LogP contribution >= 0.6 is 11.6 Å². The summed E-state index contributed by atoms with van der Waals surface area (Å²) in [5, 5.41) is 1.47. The molecule has 0 spiro atoms. The maximum absolute atomic E-state index is 12.2. The first-order chi connectivity index (χ1) is 12.9. The molecule has 5 heteroatoms. The molecule has 0 bridgehead atoms. The normalized spacial score (nSPS) is 10.9. The number of methoxy groups -OCH3 is 1. The van der Waals surface area contributed by atoms with Crippen LogP contribution < -0.4 is 4.74 Å². The number of amides is 1. The predicted molar refractivity (Wildman–Crippen MR) is 109 cm³/mol. The van der Waals surface area contributed by atoms with Crippen molar-refractivity contribution in [2.75, 3.05) is 7.11 Å². The molecule has 0 aliphatic carbocycles. The lowest BCUT2D eigenvalue weighted by Gasteiger charge is -2.22. The maximum Gasteiger partial charge on any atom is 0.220 e. The average molecular weight is 383 g/mol. The summed E-state index contributed by atoms with van der Waals surface area (Å²) in [6, 6.07) is 13.9. The standard InChI is InChI=1S/C22H23ClN2O2/c1-14-5-8-18-11-19(22(23)24-21(18)15(14)2)13-25(16(3)26)12-17-6-9-20(27-4)10-7-17/h5-11H,12-13H2,1-4H3. The van der Waals surface area contributed by atoms with E-state index in [2.05, 4.69) is 18.0 Å². The minimum atomic E-state index is -0.0120. The maximum atomic E-state index is 12.2. The fourth-order valence-electron chi connectivity index (χ4n) is 3.05. The van der Waals surface area contributed by atoms with Crippen LogP contribution in [-0.4, -0.2) is 22.9 Å². The molecule has 0 radical (unpaired) electrons. The van der Waals surface area contributed by atoms with E-state index >= 15 is 0 Å². The zero-order valence-electron chi connectivity index (χ0n) is 16.0. The summed E-state index contributed by atoms with van der Waals surface area (Å²) in [7, 11) is 1.63. The second-order valence-corrected chi connectivity index (χ2v) is 7.10. The van der Waals surface area contributed by atoms with Crippen LogP contribution in [0.3, 0.4) is 0 Å². The highest BCUT2D eigenvalue weighted by atomic mass is 35.5. The fourth-order valence-corrected chi connectivity index (χ4v) is 3.25. The molecule has 3 rings (SSSR count). The Kier molecular flexibility index (Phi) is 5.66. The van der Waals surface area contributed by atoms with Gasteiger partial charge in [0.05, 0.1) is 12.6 Å². The van der Waals surface area contributed by atoms with Crippen LogP contribution in [0.25, 0.3) is 10.9 Å². The van der Waals surface area contributed by atoms with E-state index in [1.54, 1.807) is 18.9 Å². The van der Waals surface area contributed by atoms with E-state index in [0.717, 1.165) is 33.3 Å². The molecule has 1 heterocycles. The number of fused-ring (bicyclic) bond motifs is 1. The molecule has 4 nitrogen and oxygen atoms in total. The smallest absolute Gasteiger partial charge is 0.220 e. The van der Waals surface area contributed by atoms with Crippen LogP contribution in [0.5, 0.6) is 5.75 Å². The van der Waals surface area contributed by atoms with Gasteiger partial charge < -0.3 is 9.64 Å². The molecule has 2 aromatic carbocycles. The first-order valence-corrected chi connectivity index (χ1v) is 9.20. The van der Waals surface area contributed by atoms with Gasteiger partial charge in [0.1, 0.15) is 10.9 Å². The van der Waals surface area contributed by atoms with Gasteiger partial charge in [-0.3, -0.25) is 4.79 Å². The quantitative estimate of drug-likeness (QED) is 0.579. The molecule has 0 aliphatic heterocycles. The van der Waals surface area contributed by atoms with Gasteiger partial charge in [0.25, 0.3) is 0 Å². The summed E-state index contributed by atoms with van der Waals surface area (Å²) in [4.78, 5) is 18.5. The molecule has 0 atom stereocenters. The first-order valence-electron chi connectivity index (χ1n) is 8.83. The number of carbonyl (C=O) groups is 1. The van der Waals surface area contributed by atoms with E-state index in [4.69, 9.17) is 16.3 Å². The molecule has 0 saturated heterocycles. The lowest BCUT2D eigenvalue weighted by atomic mass is 10.0. The van der Waals surface area contributed by atoms with Crippen molar-refractivity contribution in [3.63, 3.8) is 0 Å². The van der Waals surface area contributed by atoms with Gasteiger partial charge in [-0.05, 0) is 48.7 Å². The highest BCUT2D eigenvalue weighted by molar-refractivity contribution is 6.30. The Morgan fingerprint density at radius 3 is 2.44 bits per heavy atom. The van der Waals surface area contributed by atoms with Crippen molar-refractivity contribution in [1.29, 1.82) is 0 Å². The molecule has 1 amide bonds. The molecule has 0 fully saturated rings. The zero-order chi connectivity index (χ0) is 19.6. The number of benzene rings is 2. The summed E-state index contributed by atoms with van der Waals surface area (Å²) >= 11 is 6.45. The minimum Gasteiger partial charge on any atom is -0.497 e. The summed E-state index contributed by atoms with van der Waals surface area (Å²) < 4.78 is 5.19. The number of hydrogen-bond donors (Lipinski definition) is 0. The third kappa shape index (κ3) is 4.22. The molecule has 0 aliphatic rings. The topological polar surface area (TPSA) is 42.4 Å². The molecule has 3 aromatic rings. The minimum absolute atomic E-state index is 0.0120. The Morgan fingerprint density at radius 2 is 1.81 bits per heavy atom. The second-order valence-electron chi connectivity index (χ2n) is 6.74. The van der Waals surface area contributed by atoms with Crippen molar-refractivity contribution in [1.82, 2.24) is 9.88 Å². The van der Waals surface area contributed by atoms with Gasteiger partial charge in [-0.2, -0.15) is 0 Å². The van der Waals surface area contributed by atoms with Crippen LogP contribution in [0.2, 0.25) is 5.15 Å². The fraction of sp³-hybridized carbons (Fsp3) is 0.273. The van der Waals surface area contributed by atoms with Crippen LogP contribution in [0.1, 0.15) is 29.2 Å². The summed E-state index contributed by atoms with van der Waals surface area (Å²) in [5.41, 5.74) is 5.10. The van der Waals surface area contributed by atoms with Gasteiger partial charge in [0.15, 0.2) is 0 Å². The van der Waals surface area contributed by atoms with Gasteiger partial charge in [-0.15, -0.1) is 0 Å². The predicted octanol–water partition coefficient (Wildman–Crippen LogP) is 5.06. The van der Waals surface area contributed by atoms with Crippen molar-refractivity contribution in [3.05, 3.63) is 69.9 Å². The lowest BCUT2D eigenvalue weighted by molar-refractivity contribution is -0.130. The van der Waals surface area contributed by atoms with E-state index in [1.807, 2.05) is 43.3 Å². The Morgan fingerprint density at radius 1 is 1.11 bits per heavy atom. The van der Waals surface area contributed by atoms with Gasteiger partial charge in [0.2, 0.25) is 5.91 Å². The summed E-state index contributed by atoms with van der Waals surface area (Å²) in [5.74, 6) is 0.780. The third-order valence-corrected chi connectivity index (χ3v) is 5.20. The molecular weight excluding hydrogens is 360 g/mol. The molecule has 0 N–H and O–H groups in total.